The Morgan fingerprint density at radius 3 is 2.89 bits per heavy atom. The molecular formula is C13H17ClN4O. The summed E-state index contributed by atoms with van der Waals surface area (Å²) >= 11 is 0. The van der Waals surface area contributed by atoms with Gasteiger partial charge in [0.1, 0.15) is 0 Å². The van der Waals surface area contributed by atoms with E-state index < -0.39 is 0 Å². The van der Waals surface area contributed by atoms with Crippen LogP contribution in [0.25, 0.3) is 10.9 Å². The maximum Gasteiger partial charge on any atom is 0.226 e. The minimum Gasteiger partial charge on any atom is -0.355 e. The summed E-state index contributed by atoms with van der Waals surface area (Å²) in [5.41, 5.74) is 1.79. The van der Waals surface area contributed by atoms with E-state index >= 15 is 0 Å². The standard InChI is InChI=1S/C13H16N4O.ClH/c18-13(15-8-9-6-14-7-9)5-12-10-3-1-2-4-11(10)16-17-12;/h1-4,9,14H,5-8H2,(H,15,18)(H,16,17);1H. The van der Waals surface area contributed by atoms with Crippen LogP contribution in [0.2, 0.25) is 0 Å². The third-order valence-electron chi connectivity index (χ3n) is 3.33. The Morgan fingerprint density at radius 1 is 1.37 bits per heavy atom. The van der Waals surface area contributed by atoms with Crippen molar-refractivity contribution in [3.05, 3.63) is 30.0 Å². The van der Waals surface area contributed by atoms with Gasteiger partial charge in [-0.15, -0.1) is 12.4 Å². The second-order valence-electron chi connectivity index (χ2n) is 4.72. The molecule has 3 N–H and O–H groups in total. The third kappa shape index (κ3) is 3.05. The van der Waals surface area contributed by atoms with Crippen LogP contribution in [0.1, 0.15) is 5.69 Å². The Morgan fingerprint density at radius 2 is 2.16 bits per heavy atom. The summed E-state index contributed by atoms with van der Waals surface area (Å²) in [4.78, 5) is 11.8. The summed E-state index contributed by atoms with van der Waals surface area (Å²) in [6.45, 7) is 2.78. The number of hydrogen-bond acceptors (Lipinski definition) is 3. The quantitative estimate of drug-likeness (QED) is 0.778. The number of H-pyrrole nitrogens is 1. The van der Waals surface area contributed by atoms with Crippen LogP contribution in [-0.2, 0) is 11.2 Å². The van der Waals surface area contributed by atoms with Crippen molar-refractivity contribution in [1.29, 1.82) is 0 Å². The molecule has 5 nitrogen and oxygen atoms in total. The SMILES string of the molecule is Cl.O=C(Cc1[nH]nc2ccccc12)NCC1CNC1. The van der Waals surface area contributed by atoms with E-state index in [1.165, 1.54) is 0 Å². The predicted molar refractivity (Wildman–Crippen MR) is 76.4 cm³/mol. The highest BCUT2D eigenvalue weighted by atomic mass is 35.5. The van der Waals surface area contributed by atoms with E-state index in [4.69, 9.17) is 0 Å². The highest BCUT2D eigenvalue weighted by molar-refractivity contribution is 5.87. The van der Waals surface area contributed by atoms with E-state index in [-0.39, 0.29) is 18.3 Å². The lowest BCUT2D eigenvalue weighted by molar-refractivity contribution is -0.120. The first kappa shape index (κ1) is 13.8. The van der Waals surface area contributed by atoms with Gasteiger partial charge in [0.2, 0.25) is 5.91 Å². The van der Waals surface area contributed by atoms with E-state index in [2.05, 4.69) is 20.8 Å². The topological polar surface area (TPSA) is 69.8 Å². The number of amides is 1. The highest BCUT2D eigenvalue weighted by Gasteiger charge is 2.17. The Labute approximate surface area is 117 Å². The van der Waals surface area contributed by atoms with Crippen molar-refractivity contribution in [2.24, 2.45) is 5.92 Å². The second-order valence-corrected chi connectivity index (χ2v) is 4.72. The van der Waals surface area contributed by atoms with Crippen molar-refractivity contribution >= 4 is 29.2 Å². The van der Waals surface area contributed by atoms with Gasteiger partial charge in [-0.25, -0.2) is 0 Å². The zero-order chi connectivity index (χ0) is 12.4. The number of fused-ring (bicyclic) bond motifs is 1. The number of nitrogens with one attached hydrogen (secondary N) is 3. The largest absolute Gasteiger partial charge is 0.355 e. The van der Waals surface area contributed by atoms with Crippen LogP contribution in [0.4, 0.5) is 0 Å². The van der Waals surface area contributed by atoms with Crippen molar-refractivity contribution in [3.63, 3.8) is 0 Å². The van der Waals surface area contributed by atoms with Crippen LogP contribution < -0.4 is 10.6 Å². The summed E-state index contributed by atoms with van der Waals surface area (Å²) < 4.78 is 0. The summed E-state index contributed by atoms with van der Waals surface area (Å²) in [6, 6.07) is 7.82. The Hall–Kier alpha value is -1.59. The smallest absolute Gasteiger partial charge is 0.226 e. The van der Waals surface area contributed by atoms with Crippen LogP contribution in [0.3, 0.4) is 0 Å². The van der Waals surface area contributed by atoms with E-state index in [1.54, 1.807) is 0 Å². The van der Waals surface area contributed by atoms with Crippen molar-refractivity contribution in [1.82, 2.24) is 20.8 Å². The molecule has 2 aromatic rings. The molecule has 102 valence electrons. The summed E-state index contributed by atoms with van der Waals surface area (Å²) in [6.07, 6.45) is 0.362. The van der Waals surface area contributed by atoms with Crippen LogP contribution in [0.15, 0.2) is 24.3 Å². The number of carbonyl (C=O) groups excluding carboxylic acids is 1. The molecule has 1 aromatic heterocycles. The molecule has 0 bridgehead atoms. The highest BCUT2D eigenvalue weighted by Crippen LogP contribution is 2.15. The molecule has 1 amide bonds. The number of nitrogens with zero attached hydrogens (tertiary/aromatic N) is 1. The molecule has 0 spiro atoms. The van der Waals surface area contributed by atoms with Gasteiger partial charge in [0.15, 0.2) is 0 Å². The van der Waals surface area contributed by atoms with E-state index in [0.29, 0.717) is 12.3 Å². The van der Waals surface area contributed by atoms with Crippen LogP contribution in [0, 0.1) is 5.92 Å². The van der Waals surface area contributed by atoms with E-state index in [0.717, 1.165) is 36.2 Å². The van der Waals surface area contributed by atoms with Gasteiger partial charge in [0.05, 0.1) is 17.6 Å². The van der Waals surface area contributed by atoms with Gasteiger partial charge in [-0.3, -0.25) is 9.89 Å². The fraction of sp³-hybridized carbons (Fsp3) is 0.385. The maximum absolute atomic E-state index is 11.8. The molecule has 0 atom stereocenters. The van der Waals surface area contributed by atoms with Gasteiger partial charge < -0.3 is 10.6 Å². The fourth-order valence-corrected chi connectivity index (χ4v) is 2.12. The van der Waals surface area contributed by atoms with E-state index in [9.17, 15) is 4.79 Å². The lowest BCUT2D eigenvalue weighted by atomic mass is 10.0. The first-order valence-electron chi connectivity index (χ1n) is 6.22. The predicted octanol–water partition coefficient (Wildman–Crippen LogP) is 0.863. The number of aromatic nitrogens is 2. The molecule has 2 heterocycles. The van der Waals surface area contributed by atoms with Crippen LogP contribution in [-0.4, -0.2) is 35.7 Å². The molecular weight excluding hydrogens is 264 g/mol. The number of para-hydroxylation sites is 1. The Balaban J connectivity index is 0.00000133. The first-order chi connectivity index (χ1) is 8.83. The number of carbonyl (C=O) groups is 1. The van der Waals surface area contributed by atoms with Gasteiger partial charge in [-0.1, -0.05) is 18.2 Å². The van der Waals surface area contributed by atoms with Gasteiger partial charge >= 0.3 is 0 Å². The summed E-state index contributed by atoms with van der Waals surface area (Å²) in [5.74, 6) is 0.642. The third-order valence-corrected chi connectivity index (χ3v) is 3.33. The van der Waals surface area contributed by atoms with Gasteiger partial charge in [0.25, 0.3) is 0 Å². The zero-order valence-corrected chi connectivity index (χ0v) is 11.3. The fourth-order valence-electron chi connectivity index (χ4n) is 2.12. The number of hydrogen-bond donors (Lipinski definition) is 3. The minimum absolute atomic E-state index is 0. The summed E-state index contributed by atoms with van der Waals surface area (Å²) in [5, 5.41) is 14.3. The van der Waals surface area contributed by atoms with Crippen molar-refractivity contribution < 1.29 is 4.79 Å². The monoisotopic (exact) mass is 280 g/mol. The summed E-state index contributed by atoms with van der Waals surface area (Å²) in [7, 11) is 0. The Bertz CT molecular complexity index is 565. The van der Waals surface area contributed by atoms with Crippen molar-refractivity contribution in [2.45, 2.75) is 6.42 Å². The first-order valence-corrected chi connectivity index (χ1v) is 6.22. The number of rotatable bonds is 4. The molecule has 3 rings (SSSR count). The van der Waals surface area contributed by atoms with Crippen molar-refractivity contribution in [2.75, 3.05) is 19.6 Å². The number of aromatic amines is 1. The molecule has 19 heavy (non-hydrogen) atoms. The second kappa shape index (κ2) is 6.04. The lowest BCUT2D eigenvalue weighted by Gasteiger charge is -2.27. The van der Waals surface area contributed by atoms with Crippen LogP contribution in [0.5, 0.6) is 0 Å². The molecule has 1 saturated heterocycles. The molecule has 1 fully saturated rings. The zero-order valence-electron chi connectivity index (χ0n) is 10.5. The minimum atomic E-state index is 0. The Kier molecular flexibility index (Phi) is 4.39. The normalized spacial score (nSPS) is 14.7. The molecule has 6 heteroatoms. The van der Waals surface area contributed by atoms with Gasteiger partial charge in [0, 0.05) is 30.9 Å². The lowest BCUT2D eigenvalue weighted by Crippen LogP contribution is -2.48. The molecule has 1 aliphatic heterocycles. The molecule has 0 unspecified atom stereocenters. The van der Waals surface area contributed by atoms with Gasteiger partial charge in [-0.2, -0.15) is 5.10 Å². The van der Waals surface area contributed by atoms with Crippen LogP contribution >= 0.6 is 12.4 Å². The average molecular weight is 281 g/mol. The van der Waals surface area contributed by atoms with Gasteiger partial charge in [-0.05, 0) is 6.07 Å². The van der Waals surface area contributed by atoms with Crippen molar-refractivity contribution in [3.8, 4) is 0 Å². The molecule has 0 aliphatic carbocycles. The molecule has 0 radical (unpaired) electrons. The maximum atomic E-state index is 11.8. The molecule has 1 aromatic carbocycles. The van der Waals surface area contributed by atoms with E-state index in [1.807, 2.05) is 24.3 Å². The average Bonchev–Trinajstić information content (AvgIpc) is 2.71. The number of benzene rings is 1. The number of halogens is 1. The molecule has 0 saturated carbocycles. The molecule has 1 aliphatic rings.